The van der Waals surface area contributed by atoms with Crippen LogP contribution in [0.3, 0.4) is 0 Å². The van der Waals surface area contributed by atoms with Crippen molar-refractivity contribution in [1.29, 1.82) is 0 Å². The molecule has 0 aliphatic carbocycles. The molecule has 2 aromatic rings. The van der Waals surface area contributed by atoms with Gasteiger partial charge in [0.1, 0.15) is 11.9 Å². The van der Waals surface area contributed by atoms with Gasteiger partial charge in [-0.25, -0.2) is 4.98 Å². The number of rotatable bonds is 4. The summed E-state index contributed by atoms with van der Waals surface area (Å²) in [5.74, 6) is 1.86. The van der Waals surface area contributed by atoms with Crippen LogP contribution >= 0.6 is 0 Å². The molecule has 8 heteroatoms. The molecule has 2 saturated heterocycles. The number of hydrogen-bond donors (Lipinski definition) is 1. The van der Waals surface area contributed by atoms with Crippen molar-refractivity contribution in [2.24, 2.45) is 0 Å². The number of nitrogens with zero attached hydrogens (tertiary/aromatic N) is 4. The maximum atomic E-state index is 12.2. The van der Waals surface area contributed by atoms with Crippen LogP contribution < -0.4 is 10.2 Å². The van der Waals surface area contributed by atoms with Gasteiger partial charge < -0.3 is 19.5 Å². The number of aromatic nitrogens is 3. The van der Waals surface area contributed by atoms with Gasteiger partial charge in [0, 0.05) is 31.9 Å². The van der Waals surface area contributed by atoms with Gasteiger partial charge in [0.15, 0.2) is 5.82 Å². The van der Waals surface area contributed by atoms with Gasteiger partial charge in [0.05, 0.1) is 5.56 Å². The summed E-state index contributed by atoms with van der Waals surface area (Å²) in [6.45, 7) is 3.98. The molecule has 2 fully saturated rings. The van der Waals surface area contributed by atoms with Crippen molar-refractivity contribution >= 4 is 11.7 Å². The van der Waals surface area contributed by atoms with E-state index in [1.54, 1.807) is 13.1 Å². The van der Waals surface area contributed by atoms with Gasteiger partial charge in [0.2, 0.25) is 5.91 Å². The number of aryl methyl sites for hydroxylation is 1. The molecule has 4 heterocycles. The third-order valence-corrected chi connectivity index (χ3v) is 4.60. The van der Waals surface area contributed by atoms with Crippen molar-refractivity contribution in [3.05, 3.63) is 24.2 Å². The average Bonchev–Trinajstić information content (AvgIpc) is 3.36. The van der Waals surface area contributed by atoms with Crippen LogP contribution in [0.25, 0.3) is 11.5 Å². The Labute approximate surface area is 145 Å². The molecule has 0 unspecified atom stereocenters. The fourth-order valence-corrected chi connectivity index (χ4v) is 3.37. The van der Waals surface area contributed by atoms with E-state index < -0.39 is 0 Å². The van der Waals surface area contributed by atoms with E-state index in [0.717, 1.165) is 37.2 Å². The molecular weight excluding hydrogens is 322 g/mol. The lowest BCUT2D eigenvalue weighted by Crippen LogP contribution is -2.42. The Morgan fingerprint density at radius 3 is 3.08 bits per heavy atom. The third-order valence-electron chi connectivity index (χ3n) is 4.60. The quantitative estimate of drug-likeness (QED) is 0.894. The Bertz CT molecular complexity index is 756. The molecule has 0 saturated carbocycles. The van der Waals surface area contributed by atoms with Gasteiger partial charge >= 0.3 is 0 Å². The second-order valence-corrected chi connectivity index (χ2v) is 6.46. The van der Waals surface area contributed by atoms with Crippen molar-refractivity contribution in [1.82, 2.24) is 20.4 Å². The lowest BCUT2D eigenvalue weighted by molar-refractivity contribution is -0.130. The molecule has 0 aromatic carbocycles. The summed E-state index contributed by atoms with van der Waals surface area (Å²) >= 11 is 0. The minimum Gasteiger partial charge on any atom is -0.368 e. The molecule has 0 radical (unpaired) electrons. The first kappa shape index (κ1) is 16.0. The number of pyridine rings is 1. The molecule has 2 aliphatic heterocycles. The van der Waals surface area contributed by atoms with Gasteiger partial charge in [-0.2, -0.15) is 4.98 Å². The minimum atomic E-state index is -0.291. The van der Waals surface area contributed by atoms with E-state index in [0.29, 0.717) is 24.9 Å². The van der Waals surface area contributed by atoms with Gasteiger partial charge in [-0.3, -0.25) is 4.79 Å². The number of amides is 1. The zero-order chi connectivity index (χ0) is 17.2. The van der Waals surface area contributed by atoms with Crippen LogP contribution in [0.5, 0.6) is 0 Å². The summed E-state index contributed by atoms with van der Waals surface area (Å²) in [4.78, 5) is 23.2. The standard InChI is InChI=1S/C17H21N5O3/c1-11-19-17(25-21-11)13-4-2-7-18-15(13)22-8-6-12(10-22)20-16(23)14-5-3-9-24-14/h2,4,7,12,14H,3,5-6,8-10H2,1H3,(H,20,23)/t12-,14-/m0/s1. The van der Waals surface area contributed by atoms with Crippen LogP contribution in [0.2, 0.25) is 0 Å². The Morgan fingerprint density at radius 2 is 2.32 bits per heavy atom. The number of nitrogens with one attached hydrogen (secondary N) is 1. The van der Waals surface area contributed by atoms with Gasteiger partial charge in [-0.05, 0) is 38.3 Å². The third kappa shape index (κ3) is 3.34. The Morgan fingerprint density at radius 1 is 1.40 bits per heavy atom. The number of ether oxygens (including phenoxy) is 1. The van der Waals surface area contributed by atoms with E-state index in [4.69, 9.17) is 9.26 Å². The summed E-state index contributed by atoms with van der Waals surface area (Å²) in [5.41, 5.74) is 0.814. The molecule has 132 valence electrons. The monoisotopic (exact) mass is 343 g/mol. The summed E-state index contributed by atoms with van der Waals surface area (Å²) in [7, 11) is 0. The van der Waals surface area contributed by atoms with Crippen molar-refractivity contribution < 1.29 is 14.1 Å². The van der Waals surface area contributed by atoms with Crippen molar-refractivity contribution in [2.75, 3.05) is 24.6 Å². The highest BCUT2D eigenvalue weighted by Crippen LogP contribution is 2.29. The average molecular weight is 343 g/mol. The zero-order valence-electron chi connectivity index (χ0n) is 14.1. The summed E-state index contributed by atoms with van der Waals surface area (Å²) in [6.07, 6.45) is 4.09. The molecule has 1 amide bonds. The molecule has 2 atom stereocenters. The second-order valence-electron chi connectivity index (χ2n) is 6.46. The highest BCUT2D eigenvalue weighted by Gasteiger charge is 2.30. The maximum absolute atomic E-state index is 12.2. The van der Waals surface area contributed by atoms with Crippen LogP contribution in [0.15, 0.2) is 22.9 Å². The first-order chi connectivity index (χ1) is 12.2. The molecular formula is C17H21N5O3. The molecule has 8 nitrogen and oxygen atoms in total. The van der Waals surface area contributed by atoms with Crippen molar-refractivity contribution in [3.8, 4) is 11.5 Å². The fourth-order valence-electron chi connectivity index (χ4n) is 3.37. The van der Waals surface area contributed by atoms with E-state index >= 15 is 0 Å². The summed E-state index contributed by atoms with van der Waals surface area (Å²) in [6, 6.07) is 3.87. The first-order valence-corrected chi connectivity index (χ1v) is 8.63. The first-order valence-electron chi connectivity index (χ1n) is 8.63. The van der Waals surface area contributed by atoms with Crippen LogP contribution in [0.4, 0.5) is 5.82 Å². The van der Waals surface area contributed by atoms with E-state index in [9.17, 15) is 4.79 Å². The maximum Gasteiger partial charge on any atom is 0.261 e. The minimum absolute atomic E-state index is 0.00174. The molecule has 2 aliphatic rings. The van der Waals surface area contributed by atoms with Crippen molar-refractivity contribution in [2.45, 2.75) is 38.3 Å². The number of hydrogen-bond acceptors (Lipinski definition) is 7. The largest absolute Gasteiger partial charge is 0.368 e. The molecule has 1 N–H and O–H groups in total. The summed E-state index contributed by atoms with van der Waals surface area (Å²) < 4.78 is 10.7. The van der Waals surface area contributed by atoms with Crippen LogP contribution in [0, 0.1) is 6.92 Å². The zero-order valence-corrected chi connectivity index (χ0v) is 14.1. The molecule has 0 spiro atoms. The second kappa shape index (κ2) is 6.79. The predicted molar refractivity (Wildman–Crippen MR) is 90.0 cm³/mol. The molecule has 25 heavy (non-hydrogen) atoms. The lowest BCUT2D eigenvalue weighted by Gasteiger charge is -2.20. The Kier molecular flexibility index (Phi) is 4.35. The van der Waals surface area contributed by atoms with E-state index in [1.807, 2.05) is 12.1 Å². The van der Waals surface area contributed by atoms with Crippen LogP contribution in [-0.2, 0) is 9.53 Å². The number of carbonyl (C=O) groups excluding carboxylic acids is 1. The highest BCUT2D eigenvalue weighted by atomic mass is 16.5. The Balaban J connectivity index is 1.46. The Hall–Kier alpha value is -2.48. The SMILES string of the molecule is Cc1noc(-c2cccnc2N2CC[C@H](NC(=O)[C@@H]3CCCO3)C2)n1. The van der Waals surface area contributed by atoms with Crippen LogP contribution in [0.1, 0.15) is 25.1 Å². The van der Waals surface area contributed by atoms with E-state index in [1.165, 1.54) is 0 Å². The van der Waals surface area contributed by atoms with Crippen molar-refractivity contribution in [3.63, 3.8) is 0 Å². The number of anilines is 1. The van der Waals surface area contributed by atoms with E-state index in [-0.39, 0.29) is 18.1 Å². The smallest absolute Gasteiger partial charge is 0.261 e. The highest BCUT2D eigenvalue weighted by molar-refractivity contribution is 5.81. The molecule has 2 aromatic heterocycles. The number of carbonyl (C=O) groups is 1. The van der Waals surface area contributed by atoms with E-state index in [2.05, 4.69) is 25.3 Å². The molecule has 0 bridgehead atoms. The molecule has 4 rings (SSSR count). The fraction of sp³-hybridized carbons (Fsp3) is 0.529. The van der Waals surface area contributed by atoms with Gasteiger partial charge in [-0.15, -0.1) is 0 Å². The predicted octanol–water partition coefficient (Wildman–Crippen LogP) is 1.31. The lowest BCUT2D eigenvalue weighted by atomic mass is 10.2. The van der Waals surface area contributed by atoms with Gasteiger partial charge in [0.25, 0.3) is 5.89 Å². The summed E-state index contributed by atoms with van der Waals surface area (Å²) in [5, 5.41) is 6.95. The van der Waals surface area contributed by atoms with Gasteiger partial charge in [-0.1, -0.05) is 5.16 Å². The topological polar surface area (TPSA) is 93.4 Å². The van der Waals surface area contributed by atoms with Crippen LogP contribution in [-0.4, -0.2) is 52.9 Å². The normalized spacial score (nSPS) is 23.2.